The molecule has 3 aromatic rings. The molecule has 0 aliphatic heterocycles. The van der Waals surface area contributed by atoms with Gasteiger partial charge in [0.15, 0.2) is 0 Å². The molecule has 3 rings (SSSR count). The van der Waals surface area contributed by atoms with Crippen LogP contribution in [0.2, 0.25) is 0 Å². The number of halogens is 2. The molecule has 40 heavy (non-hydrogen) atoms. The van der Waals surface area contributed by atoms with Crippen molar-refractivity contribution in [1.29, 1.82) is 0 Å². The Kier molecular flexibility index (Phi) is 13.1. The van der Waals surface area contributed by atoms with E-state index in [2.05, 4.69) is 166 Å². The van der Waals surface area contributed by atoms with Crippen molar-refractivity contribution in [2.45, 2.75) is 122 Å². The van der Waals surface area contributed by atoms with E-state index in [1.165, 1.54) is 84.7 Å². The average molecular weight is 760 g/mol. The fraction of sp³-hybridized carbons (Fsp3) is 0.514. The van der Waals surface area contributed by atoms with Crippen LogP contribution in [0.4, 0.5) is 0 Å². The zero-order chi connectivity index (χ0) is 29.3. The Morgan fingerprint density at radius 2 is 1.00 bits per heavy atom. The number of hydrogen-bond donors (Lipinski definition) is 0. The van der Waals surface area contributed by atoms with E-state index < -0.39 is 0 Å². The molecule has 0 aromatic heterocycles. The summed E-state index contributed by atoms with van der Waals surface area (Å²) >= 11 is 5.12. The molecule has 0 spiro atoms. The lowest BCUT2D eigenvalue weighted by Crippen LogP contribution is -2.28. The predicted octanol–water partition coefficient (Wildman–Crippen LogP) is 12.6. The number of benzene rings is 3. The van der Waals surface area contributed by atoms with Gasteiger partial charge in [-0.2, -0.15) is 0 Å². The van der Waals surface area contributed by atoms with Crippen LogP contribution in [0.1, 0.15) is 145 Å². The van der Waals surface area contributed by atoms with Crippen LogP contribution in [0.15, 0.2) is 72.8 Å². The zero-order valence-corrected chi connectivity index (χ0v) is 30.4. The van der Waals surface area contributed by atoms with Crippen molar-refractivity contribution in [3.05, 3.63) is 106 Å². The SMILES string of the molecule is CCCCCC(c1ccc(C(C)(C)C)cc1)c1cccc(C(CCCCC)c2ccc(C(C)(C)B(I)I)cc2)c1. The summed E-state index contributed by atoms with van der Waals surface area (Å²) in [5, 5.41) is 0.158. The van der Waals surface area contributed by atoms with Crippen molar-refractivity contribution in [3.63, 3.8) is 0 Å². The van der Waals surface area contributed by atoms with Crippen LogP contribution in [0, 0.1) is 0 Å². The minimum atomic E-state index is 0.158. The maximum Gasteiger partial charge on any atom is 0.299 e. The second-order valence-corrected chi connectivity index (χ2v) is 18.2. The fourth-order valence-electron chi connectivity index (χ4n) is 5.73. The van der Waals surface area contributed by atoms with Gasteiger partial charge >= 0.3 is 0 Å². The second kappa shape index (κ2) is 15.6. The molecule has 3 aromatic carbocycles. The molecule has 216 valence electrons. The molecular weight excluding hydrogens is 709 g/mol. The largest absolute Gasteiger partial charge is 0.299 e. The molecule has 0 radical (unpaired) electrons. The van der Waals surface area contributed by atoms with Gasteiger partial charge in [-0.3, -0.25) is 0 Å². The van der Waals surface area contributed by atoms with Crippen LogP contribution in [-0.4, -0.2) is 2.43 Å². The van der Waals surface area contributed by atoms with E-state index in [0.717, 1.165) is 0 Å². The van der Waals surface area contributed by atoms with Crippen LogP contribution in [0.3, 0.4) is 0 Å². The normalized spacial score (nSPS) is 13.7. The Morgan fingerprint density at radius 1 is 0.575 bits per heavy atom. The minimum absolute atomic E-state index is 0.158. The number of hydrogen-bond acceptors (Lipinski definition) is 0. The standard InChI is InChI=1S/C37H51BI2/c1-8-10-12-17-34(28-19-23-32(24-20-28)36(3,4)5)30-15-14-16-31(27-30)35(18-13-11-9-2)29-21-25-33(26-22-29)37(6,7)38(39)40/h14-16,19-27,34-35H,8-13,17-18H2,1-7H3. The highest BCUT2D eigenvalue weighted by atomic mass is 127. The maximum absolute atomic E-state index is 2.56. The summed E-state index contributed by atoms with van der Waals surface area (Å²) in [6.07, 6.45) is 10.1. The third-order valence-electron chi connectivity index (χ3n) is 8.69. The summed E-state index contributed by atoms with van der Waals surface area (Å²) in [7, 11) is 0. The smallest absolute Gasteiger partial charge is 0.133 e. The van der Waals surface area contributed by atoms with Crippen LogP contribution in [0.5, 0.6) is 0 Å². The van der Waals surface area contributed by atoms with E-state index in [4.69, 9.17) is 0 Å². The first-order chi connectivity index (χ1) is 19.0. The third-order valence-corrected chi connectivity index (χ3v) is 11.8. The maximum atomic E-state index is 2.56. The topological polar surface area (TPSA) is 0 Å². The fourth-order valence-corrected chi connectivity index (χ4v) is 6.45. The lowest BCUT2D eigenvalue weighted by atomic mass is 9.67. The highest BCUT2D eigenvalue weighted by molar-refractivity contribution is 14.3. The van der Waals surface area contributed by atoms with E-state index in [0.29, 0.717) is 14.3 Å². The van der Waals surface area contributed by atoms with Gasteiger partial charge in [-0.05, 0) is 57.0 Å². The summed E-state index contributed by atoms with van der Waals surface area (Å²) in [4.78, 5) is 0. The molecule has 0 N–H and O–H groups in total. The highest BCUT2D eigenvalue weighted by Crippen LogP contribution is 2.38. The molecule has 2 unspecified atom stereocenters. The summed E-state index contributed by atoms with van der Waals surface area (Å²) in [6.45, 7) is 16.3. The van der Waals surface area contributed by atoms with Gasteiger partial charge < -0.3 is 0 Å². The monoisotopic (exact) mass is 760 g/mol. The van der Waals surface area contributed by atoms with Crippen molar-refractivity contribution < 1.29 is 0 Å². The van der Waals surface area contributed by atoms with E-state index >= 15 is 0 Å². The molecule has 0 aliphatic carbocycles. The van der Waals surface area contributed by atoms with Crippen LogP contribution in [-0.2, 0) is 10.7 Å². The molecule has 0 amide bonds. The van der Waals surface area contributed by atoms with Gasteiger partial charge in [-0.15, -0.1) is 44.7 Å². The predicted molar refractivity (Wildman–Crippen MR) is 197 cm³/mol. The molecule has 0 aliphatic rings. The van der Waals surface area contributed by atoms with Crippen LogP contribution in [0.25, 0.3) is 0 Å². The molecule has 0 saturated heterocycles. The van der Waals surface area contributed by atoms with Gasteiger partial charge in [-0.1, -0.05) is 160 Å². The first kappa shape index (κ1) is 33.7. The Balaban J connectivity index is 1.99. The van der Waals surface area contributed by atoms with Crippen LogP contribution >= 0.6 is 44.7 Å². The Labute approximate surface area is 273 Å². The first-order valence-corrected chi connectivity index (χ1v) is 18.1. The third kappa shape index (κ3) is 9.09. The van der Waals surface area contributed by atoms with E-state index in [1.54, 1.807) is 0 Å². The molecule has 2 atom stereocenters. The van der Waals surface area contributed by atoms with Crippen LogP contribution < -0.4 is 0 Å². The molecule has 0 fully saturated rings. The molecule has 0 heterocycles. The van der Waals surface area contributed by atoms with Crippen molar-refractivity contribution in [3.8, 4) is 0 Å². The van der Waals surface area contributed by atoms with Crippen molar-refractivity contribution in [2.75, 3.05) is 0 Å². The average Bonchev–Trinajstić information content (AvgIpc) is 2.93. The van der Waals surface area contributed by atoms with E-state index in [1.807, 2.05) is 0 Å². The van der Waals surface area contributed by atoms with Gasteiger partial charge in [0.05, 0.1) is 0 Å². The molecule has 0 nitrogen and oxygen atoms in total. The quantitative estimate of drug-likeness (QED) is 0.0872. The van der Waals surface area contributed by atoms with Gasteiger partial charge in [0, 0.05) is 11.8 Å². The molecule has 0 bridgehead atoms. The summed E-state index contributed by atoms with van der Waals surface area (Å²) < 4.78 is 0.549. The lowest BCUT2D eigenvalue weighted by molar-refractivity contribution is 0.587. The number of rotatable bonds is 14. The van der Waals surface area contributed by atoms with E-state index in [9.17, 15) is 0 Å². The lowest BCUT2D eigenvalue weighted by Gasteiger charge is -2.27. The summed E-state index contributed by atoms with van der Waals surface area (Å²) in [5.74, 6) is 0.891. The highest BCUT2D eigenvalue weighted by Gasteiger charge is 2.31. The minimum Gasteiger partial charge on any atom is -0.133 e. The Hall–Kier alpha value is -0.815. The molecular formula is C37H51BI2. The Morgan fingerprint density at radius 3 is 1.38 bits per heavy atom. The van der Waals surface area contributed by atoms with Crippen molar-refractivity contribution in [1.82, 2.24) is 0 Å². The van der Waals surface area contributed by atoms with Crippen molar-refractivity contribution in [2.24, 2.45) is 0 Å². The Bertz CT molecular complexity index is 1160. The molecule has 0 saturated carbocycles. The molecule has 3 heteroatoms. The van der Waals surface area contributed by atoms with Crippen molar-refractivity contribution >= 4 is 47.2 Å². The second-order valence-electron chi connectivity index (χ2n) is 13.3. The first-order valence-electron chi connectivity index (χ1n) is 15.6. The van der Waals surface area contributed by atoms with Gasteiger partial charge in [0.25, 0.3) is 2.43 Å². The van der Waals surface area contributed by atoms with Gasteiger partial charge in [0.2, 0.25) is 0 Å². The van der Waals surface area contributed by atoms with Gasteiger partial charge in [0.1, 0.15) is 0 Å². The zero-order valence-electron chi connectivity index (χ0n) is 26.1. The summed E-state index contributed by atoms with van der Waals surface area (Å²) in [6, 6.07) is 28.8. The van der Waals surface area contributed by atoms with E-state index in [-0.39, 0.29) is 10.7 Å². The number of unbranched alkanes of at least 4 members (excludes halogenated alkanes) is 4. The van der Waals surface area contributed by atoms with Gasteiger partial charge in [-0.25, -0.2) is 0 Å². The summed E-state index contributed by atoms with van der Waals surface area (Å²) in [5.41, 5.74) is 8.91.